The van der Waals surface area contributed by atoms with Crippen molar-refractivity contribution in [2.24, 2.45) is 22.2 Å². The second-order valence-corrected chi connectivity index (χ2v) is 11.2. The number of benzene rings is 2. The van der Waals surface area contributed by atoms with Crippen LogP contribution in [0.5, 0.6) is 0 Å². The van der Waals surface area contributed by atoms with Gasteiger partial charge in [-0.25, -0.2) is 0 Å². The smallest absolute Gasteiger partial charge is 0.300 e. The van der Waals surface area contributed by atoms with Crippen molar-refractivity contribution in [3.63, 3.8) is 0 Å². The molecule has 11 N–H and O–H groups in total. The average molecular weight is 733 g/mol. The van der Waals surface area contributed by atoms with E-state index in [4.69, 9.17) is 46.9 Å². The maximum absolute atomic E-state index is 13.5. The van der Waals surface area contributed by atoms with Crippen molar-refractivity contribution in [2.75, 3.05) is 18.4 Å². The molecule has 1 aliphatic rings. The van der Waals surface area contributed by atoms with Gasteiger partial charge in [-0.1, -0.05) is 30.3 Å². The number of nitrogens with zero attached hydrogens (tertiary/aromatic N) is 3. The van der Waals surface area contributed by atoms with E-state index in [-0.39, 0.29) is 30.5 Å². The van der Waals surface area contributed by atoms with Gasteiger partial charge >= 0.3 is 0 Å². The zero-order valence-electron chi connectivity index (χ0n) is 29.3. The lowest BCUT2D eigenvalue weighted by atomic mass is 9.98. The van der Waals surface area contributed by atoms with Crippen LogP contribution in [-0.4, -0.2) is 97.9 Å². The van der Waals surface area contributed by atoms with Gasteiger partial charge in [-0.15, -0.1) is 0 Å². The largest absolute Gasteiger partial charge is 0.481 e. The fourth-order valence-corrected chi connectivity index (χ4v) is 4.57. The van der Waals surface area contributed by atoms with Crippen LogP contribution in [0, 0.1) is 10.1 Å². The quantitative estimate of drug-likeness (QED) is 0.0501. The summed E-state index contributed by atoms with van der Waals surface area (Å²) in [6.07, 6.45) is 2.90. The molecule has 0 radical (unpaired) electrons. The highest BCUT2D eigenvalue weighted by Gasteiger charge is 2.36. The van der Waals surface area contributed by atoms with Crippen LogP contribution < -0.4 is 27.8 Å². The summed E-state index contributed by atoms with van der Waals surface area (Å²) < 4.78 is 0. The molecule has 19 nitrogen and oxygen atoms in total. The zero-order chi connectivity index (χ0) is 39.8. The molecule has 1 saturated heterocycles. The lowest BCUT2D eigenvalue weighted by Gasteiger charge is -2.37. The van der Waals surface area contributed by atoms with Gasteiger partial charge in [0.15, 0.2) is 5.96 Å². The fourth-order valence-electron chi connectivity index (χ4n) is 4.57. The number of carboxylic acids is 3. The number of carbonyl (C=O) groups excluding carboxylic acids is 3. The number of carboxylic acid groups (broad SMARTS) is 3. The molecule has 1 heterocycles. The third-order valence-electron chi connectivity index (χ3n) is 6.63. The third-order valence-corrected chi connectivity index (χ3v) is 6.63. The van der Waals surface area contributed by atoms with E-state index in [0.717, 1.165) is 39.2 Å². The summed E-state index contributed by atoms with van der Waals surface area (Å²) >= 11 is 0. The van der Waals surface area contributed by atoms with Crippen molar-refractivity contribution in [1.29, 1.82) is 0 Å². The van der Waals surface area contributed by atoms with E-state index in [1.165, 1.54) is 29.2 Å². The Kier molecular flexibility index (Phi) is 22.0. The average Bonchev–Trinajstić information content (AvgIpc) is 3.05. The normalized spacial score (nSPS) is 14.0. The van der Waals surface area contributed by atoms with E-state index >= 15 is 0 Å². The number of nitrogens with two attached hydrogens (primary N) is 3. The Hall–Kier alpha value is -6.11. The number of nitro benzene ring substituents is 1. The van der Waals surface area contributed by atoms with E-state index in [9.17, 15) is 24.5 Å². The van der Waals surface area contributed by atoms with Crippen molar-refractivity contribution < 1.29 is 49.0 Å². The van der Waals surface area contributed by atoms with Gasteiger partial charge in [-0.05, 0) is 56.2 Å². The number of likely N-dealkylation sites (tertiary alicyclic amines) is 1. The number of aliphatic carboxylic acids is 3. The number of carbonyl (C=O) groups is 6. The van der Waals surface area contributed by atoms with E-state index < -0.39 is 52.8 Å². The van der Waals surface area contributed by atoms with Crippen molar-refractivity contribution in [3.8, 4) is 0 Å². The predicted octanol–water partition coefficient (Wildman–Crippen LogP) is 1.30. The number of rotatable bonds is 12. The molecule has 0 aromatic heterocycles. The standard InChI is InChI=1S/C27H36N8O5.3C2H4O2/c28-21(17-18-7-2-1-3-8-18)26(38)34-16-5-4-10-23(34)25(37)33-22(9-6-15-31-27(29)30)24(36)32-19-11-13-20(14-12-19)35(39)40;3*1-2(3)4/h1-3,7-8,11-14,21-23H,4-6,9-10,15-17,28H2,(H,32,36)(H,33,37)(H4,29,30,31);3*1H3,(H,3,4). The number of anilines is 1. The topological polar surface area (TPSA) is 324 Å². The Morgan fingerprint density at radius 3 is 1.96 bits per heavy atom. The molecule has 2 aromatic carbocycles. The first-order valence-corrected chi connectivity index (χ1v) is 15.9. The van der Waals surface area contributed by atoms with Gasteiger partial charge in [0, 0.05) is 51.7 Å². The number of nitrogens with one attached hydrogen (secondary N) is 2. The molecular formula is C33H48N8O11. The maximum Gasteiger partial charge on any atom is 0.300 e. The summed E-state index contributed by atoms with van der Waals surface area (Å²) in [5.41, 5.74) is 18.2. The van der Waals surface area contributed by atoms with Crippen molar-refractivity contribution >= 4 is 53.0 Å². The molecule has 0 spiro atoms. The van der Waals surface area contributed by atoms with Crippen LogP contribution in [0.1, 0.15) is 58.4 Å². The van der Waals surface area contributed by atoms with Gasteiger partial charge in [0.25, 0.3) is 23.6 Å². The molecule has 1 aliphatic heterocycles. The number of nitro groups is 1. The molecule has 52 heavy (non-hydrogen) atoms. The van der Waals surface area contributed by atoms with E-state index in [0.29, 0.717) is 31.5 Å². The van der Waals surface area contributed by atoms with Crippen LogP contribution in [0.4, 0.5) is 11.4 Å². The molecule has 2 aromatic rings. The summed E-state index contributed by atoms with van der Waals surface area (Å²) in [4.78, 5) is 82.7. The SMILES string of the molecule is CC(=O)O.CC(=O)O.CC(=O)O.NC(N)=NCCCC(NC(=O)C1CCCCN1C(=O)C(N)Cc1ccccc1)C(=O)Nc1ccc([N+](=O)[O-])cc1. The summed E-state index contributed by atoms with van der Waals surface area (Å²) in [6.45, 7) is 3.89. The molecule has 3 amide bonds. The Balaban J connectivity index is 0.00000188. The van der Waals surface area contributed by atoms with Crippen LogP contribution >= 0.6 is 0 Å². The Morgan fingerprint density at radius 2 is 1.46 bits per heavy atom. The maximum atomic E-state index is 13.5. The minimum absolute atomic E-state index is 0.0841. The molecule has 3 unspecified atom stereocenters. The van der Waals surface area contributed by atoms with Crippen LogP contribution in [-0.2, 0) is 35.2 Å². The Labute approximate surface area is 300 Å². The number of non-ortho nitro benzene ring substituents is 1. The zero-order valence-corrected chi connectivity index (χ0v) is 29.3. The molecule has 3 rings (SSSR count). The number of guanidine groups is 1. The van der Waals surface area contributed by atoms with E-state index in [1.807, 2.05) is 30.3 Å². The monoisotopic (exact) mass is 732 g/mol. The molecule has 0 saturated carbocycles. The molecule has 19 heteroatoms. The highest BCUT2D eigenvalue weighted by Crippen LogP contribution is 2.20. The van der Waals surface area contributed by atoms with Crippen LogP contribution in [0.15, 0.2) is 59.6 Å². The molecule has 286 valence electrons. The van der Waals surface area contributed by atoms with E-state index in [1.54, 1.807) is 0 Å². The first-order chi connectivity index (χ1) is 24.3. The Bertz CT molecular complexity index is 1460. The summed E-state index contributed by atoms with van der Waals surface area (Å²) in [5.74, 6) is -3.87. The lowest BCUT2D eigenvalue weighted by Crippen LogP contribution is -2.58. The van der Waals surface area contributed by atoms with Crippen LogP contribution in [0.3, 0.4) is 0 Å². The Morgan fingerprint density at radius 1 is 0.923 bits per heavy atom. The van der Waals surface area contributed by atoms with Crippen molar-refractivity contribution in [2.45, 2.75) is 77.4 Å². The van der Waals surface area contributed by atoms with Crippen molar-refractivity contribution in [1.82, 2.24) is 10.2 Å². The third kappa shape index (κ3) is 21.1. The fraction of sp³-hybridized carbons (Fsp3) is 0.424. The number of aliphatic imine (C=N–C) groups is 1. The number of amides is 3. The molecular weight excluding hydrogens is 684 g/mol. The number of hydrogen-bond acceptors (Lipinski definition) is 10. The number of piperidine rings is 1. The minimum atomic E-state index is -0.964. The number of hydrogen-bond donors (Lipinski definition) is 8. The van der Waals surface area contributed by atoms with Gasteiger partial charge in [0.2, 0.25) is 17.7 Å². The van der Waals surface area contributed by atoms with E-state index in [2.05, 4.69) is 15.6 Å². The van der Waals surface area contributed by atoms with Gasteiger partial charge in [-0.2, -0.15) is 0 Å². The second-order valence-electron chi connectivity index (χ2n) is 11.2. The summed E-state index contributed by atoms with van der Waals surface area (Å²) in [7, 11) is 0. The highest BCUT2D eigenvalue weighted by atomic mass is 16.6. The molecule has 0 bridgehead atoms. The summed E-state index contributed by atoms with van der Waals surface area (Å²) in [6, 6.07) is 12.2. The summed E-state index contributed by atoms with van der Waals surface area (Å²) in [5, 5.41) is 38.7. The van der Waals surface area contributed by atoms with Gasteiger partial charge < -0.3 is 48.1 Å². The molecule has 0 aliphatic carbocycles. The molecule has 1 fully saturated rings. The first-order valence-electron chi connectivity index (χ1n) is 15.9. The van der Waals surface area contributed by atoms with Gasteiger partial charge in [0.1, 0.15) is 12.1 Å². The minimum Gasteiger partial charge on any atom is -0.481 e. The first kappa shape index (κ1) is 45.9. The lowest BCUT2D eigenvalue weighted by molar-refractivity contribution is -0.384. The van der Waals surface area contributed by atoms with Crippen LogP contribution in [0.2, 0.25) is 0 Å². The molecule has 3 atom stereocenters. The predicted molar refractivity (Wildman–Crippen MR) is 191 cm³/mol. The van der Waals surface area contributed by atoms with Gasteiger partial charge in [-0.3, -0.25) is 43.9 Å². The van der Waals surface area contributed by atoms with Crippen LogP contribution in [0.25, 0.3) is 0 Å². The highest BCUT2D eigenvalue weighted by molar-refractivity contribution is 5.98. The van der Waals surface area contributed by atoms with Crippen molar-refractivity contribution in [3.05, 3.63) is 70.3 Å². The van der Waals surface area contributed by atoms with Gasteiger partial charge in [0.05, 0.1) is 11.0 Å². The second kappa shape index (κ2) is 24.9.